The Labute approximate surface area is 239 Å². The number of halogens is 3. The van der Waals surface area contributed by atoms with E-state index in [2.05, 4.69) is 11.7 Å². The number of carbonyl (C=O) groups is 2. The van der Waals surface area contributed by atoms with Crippen LogP contribution in [0.3, 0.4) is 0 Å². The van der Waals surface area contributed by atoms with Crippen molar-refractivity contribution in [1.82, 2.24) is 0 Å². The van der Waals surface area contributed by atoms with Crippen LogP contribution in [0.15, 0.2) is 72.8 Å². The highest BCUT2D eigenvalue weighted by atomic mass is 19.4. The average Bonchev–Trinajstić information content (AvgIpc) is 2.96. The van der Waals surface area contributed by atoms with Crippen LogP contribution in [-0.2, 0) is 20.7 Å². The van der Waals surface area contributed by atoms with Crippen molar-refractivity contribution in [2.75, 3.05) is 25.2 Å². The van der Waals surface area contributed by atoms with E-state index in [9.17, 15) is 22.8 Å². The summed E-state index contributed by atoms with van der Waals surface area (Å²) in [5, 5.41) is 0. The number of methoxy groups -OCH3 is 1. The third kappa shape index (κ3) is 10.2. The molecule has 0 saturated carbocycles. The molecule has 0 aromatic heterocycles. The normalized spacial score (nSPS) is 11.1. The number of anilines is 1. The fraction of sp³-hybridized carbons (Fsp3) is 0.375. The van der Waals surface area contributed by atoms with Crippen molar-refractivity contribution in [3.63, 3.8) is 0 Å². The van der Waals surface area contributed by atoms with E-state index in [0.717, 1.165) is 45.6 Å². The SMILES string of the molecule is CCCCCCOc1cc(-c2ccc(OC(F)(F)F)cc2)ccc1N(CCCCc1ccccc1)C(=O)C(=O)OC. The van der Waals surface area contributed by atoms with E-state index in [1.807, 2.05) is 30.3 Å². The maximum atomic E-state index is 13.1. The van der Waals surface area contributed by atoms with Gasteiger partial charge in [-0.15, -0.1) is 13.2 Å². The number of esters is 1. The molecule has 0 bridgehead atoms. The van der Waals surface area contributed by atoms with Gasteiger partial charge in [0.05, 0.1) is 19.4 Å². The molecule has 9 heteroatoms. The minimum absolute atomic E-state index is 0.274. The van der Waals surface area contributed by atoms with Crippen LogP contribution in [0, 0.1) is 0 Å². The molecule has 220 valence electrons. The first kappa shape index (κ1) is 31.5. The van der Waals surface area contributed by atoms with E-state index in [1.165, 1.54) is 34.7 Å². The van der Waals surface area contributed by atoms with Gasteiger partial charge < -0.3 is 14.2 Å². The van der Waals surface area contributed by atoms with Gasteiger partial charge >= 0.3 is 18.2 Å². The molecule has 0 aliphatic rings. The summed E-state index contributed by atoms with van der Waals surface area (Å²) in [5.74, 6) is -1.71. The smallest absolute Gasteiger partial charge is 0.491 e. The van der Waals surface area contributed by atoms with Crippen LogP contribution in [0.1, 0.15) is 51.0 Å². The fourth-order valence-electron chi connectivity index (χ4n) is 4.36. The van der Waals surface area contributed by atoms with Gasteiger partial charge in [0.25, 0.3) is 0 Å². The zero-order chi connectivity index (χ0) is 29.7. The molecule has 0 unspecified atom stereocenters. The van der Waals surface area contributed by atoms with Gasteiger partial charge in [0.1, 0.15) is 11.5 Å². The molecule has 6 nitrogen and oxygen atoms in total. The lowest BCUT2D eigenvalue weighted by Crippen LogP contribution is -2.38. The molecule has 1 amide bonds. The van der Waals surface area contributed by atoms with Crippen molar-refractivity contribution in [2.24, 2.45) is 0 Å². The van der Waals surface area contributed by atoms with Crippen molar-refractivity contribution in [3.05, 3.63) is 78.4 Å². The lowest BCUT2D eigenvalue weighted by atomic mass is 10.0. The first-order valence-electron chi connectivity index (χ1n) is 13.8. The Morgan fingerprint density at radius 2 is 1.54 bits per heavy atom. The van der Waals surface area contributed by atoms with E-state index in [0.29, 0.717) is 35.6 Å². The monoisotopic (exact) mass is 571 g/mol. The highest BCUT2D eigenvalue weighted by molar-refractivity contribution is 6.38. The maximum Gasteiger partial charge on any atom is 0.573 e. The van der Waals surface area contributed by atoms with E-state index in [1.54, 1.807) is 18.2 Å². The van der Waals surface area contributed by atoms with Gasteiger partial charge in [0.15, 0.2) is 0 Å². The Morgan fingerprint density at radius 3 is 2.20 bits per heavy atom. The number of benzene rings is 3. The Bertz CT molecular complexity index is 1250. The zero-order valence-electron chi connectivity index (χ0n) is 23.4. The molecular formula is C32H36F3NO5. The Hall–Kier alpha value is -4.01. The number of rotatable bonds is 14. The predicted molar refractivity (Wildman–Crippen MR) is 152 cm³/mol. The van der Waals surface area contributed by atoms with Crippen molar-refractivity contribution >= 4 is 17.6 Å². The molecule has 3 rings (SSSR count). The average molecular weight is 572 g/mol. The molecule has 0 spiro atoms. The highest BCUT2D eigenvalue weighted by Crippen LogP contribution is 2.35. The van der Waals surface area contributed by atoms with E-state index in [4.69, 9.17) is 9.47 Å². The van der Waals surface area contributed by atoms with Crippen molar-refractivity contribution < 1.29 is 37.0 Å². The third-order valence-corrected chi connectivity index (χ3v) is 6.47. The summed E-state index contributed by atoms with van der Waals surface area (Å²) >= 11 is 0. The maximum absolute atomic E-state index is 13.1. The van der Waals surface area contributed by atoms with Crippen LogP contribution in [0.5, 0.6) is 11.5 Å². The number of nitrogens with zero attached hydrogens (tertiary/aromatic N) is 1. The van der Waals surface area contributed by atoms with Crippen molar-refractivity contribution in [3.8, 4) is 22.6 Å². The summed E-state index contributed by atoms with van der Waals surface area (Å²) in [6.45, 7) is 2.79. The van der Waals surface area contributed by atoms with Gasteiger partial charge in [-0.25, -0.2) is 4.79 Å². The number of hydrogen-bond acceptors (Lipinski definition) is 5. The summed E-state index contributed by atoms with van der Waals surface area (Å²) in [7, 11) is 1.16. The third-order valence-electron chi connectivity index (χ3n) is 6.47. The molecule has 0 heterocycles. The first-order valence-corrected chi connectivity index (χ1v) is 13.8. The second-order valence-corrected chi connectivity index (χ2v) is 9.55. The quantitative estimate of drug-likeness (QED) is 0.113. The molecule has 0 fully saturated rings. The van der Waals surface area contributed by atoms with E-state index in [-0.39, 0.29) is 12.3 Å². The van der Waals surface area contributed by atoms with Gasteiger partial charge in [-0.2, -0.15) is 0 Å². The Morgan fingerprint density at radius 1 is 0.829 bits per heavy atom. The lowest BCUT2D eigenvalue weighted by Gasteiger charge is -2.25. The fourth-order valence-corrected chi connectivity index (χ4v) is 4.36. The van der Waals surface area contributed by atoms with Gasteiger partial charge in [-0.1, -0.05) is 74.7 Å². The number of hydrogen-bond donors (Lipinski definition) is 0. The zero-order valence-corrected chi connectivity index (χ0v) is 23.4. The van der Waals surface area contributed by atoms with Gasteiger partial charge in [-0.05, 0) is 66.6 Å². The molecule has 0 N–H and O–H groups in total. The molecule has 3 aromatic carbocycles. The standard InChI is InChI=1S/C32H36F3NO5/c1-3-4-5-11-22-40-29-23-26(25-15-18-27(19-16-25)41-32(33,34)35)17-20-28(29)36(30(37)31(38)39-2)21-10-9-14-24-12-7-6-8-13-24/h6-8,12-13,15-20,23H,3-5,9-11,14,21-22H2,1-2H3. The Kier molecular flexibility index (Phi) is 12.1. The summed E-state index contributed by atoms with van der Waals surface area (Å²) in [6, 6.07) is 20.7. The summed E-state index contributed by atoms with van der Waals surface area (Å²) in [4.78, 5) is 26.8. The van der Waals surface area contributed by atoms with Crippen molar-refractivity contribution in [1.29, 1.82) is 0 Å². The highest BCUT2D eigenvalue weighted by Gasteiger charge is 2.31. The van der Waals surface area contributed by atoms with Gasteiger partial charge in [0, 0.05) is 6.54 Å². The molecular weight excluding hydrogens is 535 g/mol. The second-order valence-electron chi connectivity index (χ2n) is 9.55. The lowest BCUT2D eigenvalue weighted by molar-refractivity contribution is -0.274. The van der Waals surface area contributed by atoms with Crippen LogP contribution in [0.2, 0.25) is 0 Å². The number of carbonyl (C=O) groups excluding carboxylic acids is 2. The van der Waals surface area contributed by atoms with Gasteiger partial charge in [0.2, 0.25) is 0 Å². The predicted octanol–water partition coefficient (Wildman–Crippen LogP) is 7.74. The summed E-state index contributed by atoms with van der Waals surface area (Å²) < 4.78 is 52.6. The molecule has 41 heavy (non-hydrogen) atoms. The van der Waals surface area contributed by atoms with Crippen molar-refractivity contribution in [2.45, 2.75) is 58.2 Å². The second kappa shape index (κ2) is 15.7. The molecule has 3 aromatic rings. The molecule has 0 atom stereocenters. The first-order chi connectivity index (χ1) is 19.7. The van der Waals surface area contributed by atoms with Crippen LogP contribution >= 0.6 is 0 Å². The molecule has 0 aliphatic heterocycles. The number of aryl methyl sites for hydroxylation is 1. The largest absolute Gasteiger partial charge is 0.573 e. The molecule has 0 saturated heterocycles. The summed E-state index contributed by atoms with van der Waals surface area (Å²) in [5.41, 5.74) is 2.92. The van der Waals surface area contributed by atoms with E-state index < -0.39 is 18.2 Å². The minimum atomic E-state index is -4.78. The van der Waals surface area contributed by atoms with Gasteiger partial charge in [-0.3, -0.25) is 9.69 Å². The number of amides is 1. The topological polar surface area (TPSA) is 65.1 Å². The Balaban J connectivity index is 1.87. The molecule has 0 radical (unpaired) electrons. The summed E-state index contributed by atoms with van der Waals surface area (Å²) in [6.07, 6.45) is 1.41. The van der Waals surface area contributed by atoms with Crippen LogP contribution in [0.4, 0.5) is 18.9 Å². The van der Waals surface area contributed by atoms with Crippen LogP contribution in [0.25, 0.3) is 11.1 Å². The van der Waals surface area contributed by atoms with Crippen LogP contribution in [-0.4, -0.2) is 38.5 Å². The number of unbranched alkanes of at least 4 members (excludes halogenated alkanes) is 4. The van der Waals surface area contributed by atoms with Crippen LogP contribution < -0.4 is 14.4 Å². The van der Waals surface area contributed by atoms with E-state index >= 15 is 0 Å². The number of ether oxygens (including phenoxy) is 3. The molecule has 0 aliphatic carbocycles. The minimum Gasteiger partial charge on any atom is -0.491 e. The number of alkyl halides is 3.